The van der Waals surface area contributed by atoms with E-state index in [1.54, 1.807) is 17.2 Å². The average Bonchev–Trinajstić information content (AvgIpc) is 3.30. The maximum Gasteiger partial charge on any atom is 0.191 e. The van der Waals surface area contributed by atoms with Gasteiger partial charge in [-0.2, -0.15) is 10.2 Å². The van der Waals surface area contributed by atoms with Gasteiger partial charge < -0.3 is 10.6 Å². The maximum atomic E-state index is 4.62. The van der Waals surface area contributed by atoms with Crippen molar-refractivity contribution in [2.45, 2.75) is 20.0 Å². The van der Waals surface area contributed by atoms with Gasteiger partial charge in [0.15, 0.2) is 5.96 Å². The molecule has 2 heterocycles. The minimum absolute atomic E-state index is 0. The number of nitrogens with zero attached hydrogens (tertiary/aromatic N) is 6. The number of hydrogen-bond donors (Lipinski definition) is 2. The summed E-state index contributed by atoms with van der Waals surface area (Å²) in [5, 5.41) is 14.8. The summed E-state index contributed by atoms with van der Waals surface area (Å²) >= 11 is 0. The summed E-state index contributed by atoms with van der Waals surface area (Å²) in [6.45, 7) is 4.00. The highest BCUT2D eigenvalue weighted by Crippen LogP contribution is 2.09. The van der Waals surface area contributed by atoms with Gasteiger partial charge in [-0.15, -0.1) is 24.0 Å². The standard InChI is InChI=1S/C17H22N8.HI/c1-3-18-17(20-12-16-21-13-23-24(16)2)19-11-14-5-7-15(8-6-14)25-10-4-9-22-25;/h4-10,13H,3,11-12H2,1-2H3,(H2,18,19,20);1H. The number of aromatic nitrogens is 5. The lowest BCUT2D eigenvalue weighted by atomic mass is 10.2. The smallest absolute Gasteiger partial charge is 0.191 e. The third kappa shape index (κ3) is 5.28. The fraction of sp³-hybridized carbons (Fsp3) is 0.294. The zero-order chi connectivity index (χ0) is 17.5. The molecule has 8 nitrogen and oxygen atoms in total. The molecule has 0 amide bonds. The van der Waals surface area contributed by atoms with E-state index in [1.165, 1.54) is 0 Å². The van der Waals surface area contributed by atoms with Gasteiger partial charge in [0.25, 0.3) is 0 Å². The molecule has 0 bridgehead atoms. The van der Waals surface area contributed by atoms with E-state index in [4.69, 9.17) is 0 Å². The first kappa shape index (κ1) is 19.9. The summed E-state index contributed by atoms with van der Waals surface area (Å²) in [7, 11) is 1.87. The highest BCUT2D eigenvalue weighted by Gasteiger charge is 2.03. The van der Waals surface area contributed by atoms with E-state index in [-0.39, 0.29) is 24.0 Å². The first-order chi connectivity index (χ1) is 12.3. The van der Waals surface area contributed by atoms with E-state index < -0.39 is 0 Å². The summed E-state index contributed by atoms with van der Waals surface area (Å²) in [6.07, 6.45) is 5.23. The molecule has 0 spiro atoms. The summed E-state index contributed by atoms with van der Waals surface area (Å²) in [5.41, 5.74) is 2.16. The SMILES string of the molecule is CCNC(=NCc1ccc(-n2cccn2)cc1)NCc1ncnn1C.I. The first-order valence-corrected chi connectivity index (χ1v) is 8.20. The second-order valence-electron chi connectivity index (χ2n) is 5.47. The minimum Gasteiger partial charge on any atom is -0.357 e. The molecule has 0 fully saturated rings. The van der Waals surface area contributed by atoms with Crippen molar-refractivity contribution in [1.82, 2.24) is 35.2 Å². The molecule has 3 aromatic rings. The third-order valence-corrected chi connectivity index (χ3v) is 3.69. The van der Waals surface area contributed by atoms with Crippen LogP contribution in [0.25, 0.3) is 5.69 Å². The lowest BCUT2D eigenvalue weighted by Crippen LogP contribution is -2.37. The number of rotatable bonds is 6. The molecule has 0 unspecified atom stereocenters. The highest BCUT2D eigenvalue weighted by atomic mass is 127. The summed E-state index contributed by atoms with van der Waals surface area (Å²) in [4.78, 5) is 8.82. The van der Waals surface area contributed by atoms with Crippen LogP contribution >= 0.6 is 24.0 Å². The molecule has 0 saturated carbocycles. The van der Waals surface area contributed by atoms with Gasteiger partial charge in [-0.25, -0.2) is 14.7 Å². The van der Waals surface area contributed by atoms with E-state index in [2.05, 4.69) is 42.9 Å². The van der Waals surface area contributed by atoms with E-state index in [9.17, 15) is 0 Å². The Morgan fingerprint density at radius 3 is 2.58 bits per heavy atom. The Morgan fingerprint density at radius 1 is 1.15 bits per heavy atom. The molecule has 0 atom stereocenters. The van der Waals surface area contributed by atoms with Crippen molar-refractivity contribution in [3.63, 3.8) is 0 Å². The molecular formula is C17H23IN8. The van der Waals surface area contributed by atoms with Gasteiger partial charge in [0, 0.05) is 26.0 Å². The second-order valence-corrected chi connectivity index (χ2v) is 5.47. The fourth-order valence-corrected chi connectivity index (χ4v) is 2.33. The second kappa shape index (κ2) is 9.90. The molecule has 1 aromatic carbocycles. The Labute approximate surface area is 169 Å². The molecular weight excluding hydrogens is 443 g/mol. The van der Waals surface area contributed by atoms with Crippen molar-refractivity contribution >= 4 is 29.9 Å². The number of guanidine groups is 1. The summed E-state index contributed by atoms with van der Waals surface area (Å²) < 4.78 is 3.57. The van der Waals surface area contributed by atoms with Gasteiger partial charge in [-0.3, -0.25) is 4.68 Å². The Kier molecular flexibility index (Phi) is 7.57. The van der Waals surface area contributed by atoms with Gasteiger partial charge in [0.2, 0.25) is 0 Å². The average molecular weight is 466 g/mol. The number of nitrogens with one attached hydrogen (secondary N) is 2. The highest BCUT2D eigenvalue weighted by molar-refractivity contribution is 14.0. The number of aliphatic imine (C=N–C) groups is 1. The topological polar surface area (TPSA) is 84.9 Å². The Balaban J connectivity index is 0.00000243. The van der Waals surface area contributed by atoms with Crippen LogP contribution in [0.3, 0.4) is 0 Å². The summed E-state index contributed by atoms with van der Waals surface area (Å²) in [5.74, 6) is 1.61. The predicted octanol–water partition coefficient (Wildman–Crippen LogP) is 1.87. The number of benzene rings is 1. The Morgan fingerprint density at radius 2 is 1.96 bits per heavy atom. The van der Waals surface area contributed by atoms with Crippen LogP contribution in [-0.4, -0.2) is 37.0 Å². The van der Waals surface area contributed by atoms with Crippen LogP contribution in [0, 0.1) is 0 Å². The van der Waals surface area contributed by atoms with Crippen LogP contribution in [0.15, 0.2) is 54.0 Å². The van der Waals surface area contributed by atoms with Gasteiger partial charge >= 0.3 is 0 Å². The van der Waals surface area contributed by atoms with Crippen LogP contribution in [0.1, 0.15) is 18.3 Å². The zero-order valence-electron chi connectivity index (χ0n) is 14.8. The van der Waals surface area contributed by atoms with Crippen molar-refractivity contribution in [2.24, 2.45) is 12.0 Å². The molecule has 0 radical (unpaired) electrons. The minimum atomic E-state index is 0. The Bertz CT molecular complexity index is 808. The van der Waals surface area contributed by atoms with E-state index in [0.29, 0.717) is 13.1 Å². The quantitative estimate of drug-likeness (QED) is 0.329. The molecule has 0 saturated heterocycles. The van der Waals surface area contributed by atoms with Crippen LogP contribution in [0.5, 0.6) is 0 Å². The zero-order valence-corrected chi connectivity index (χ0v) is 17.2. The number of halogens is 1. The van der Waals surface area contributed by atoms with E-state index >= 15 is 0 Å². The largest absolute Gasteiger partial charge is 0.357 e. The van der Waals surface area contributed by atoms with Crippen molar-refractivity contribution in [3.8, 4) is 5.69 Å². The normalized spacial score (nSPS) is 11.1. The maximum absolute atomic E-state index is 4.62. The van der Waals surface area contributed by atoms with Crippen molar-refractivity contribution in [3.05, 3.63) is 60.4 Å². The summed E-state index contributed by atoms with van der Waals surface area (Å²) in [6, 6.07) is 10.1. The lowest BCUT2D eigenvalue weighted by Gasteiger charge is -2.11. The molecule has 2 aromatic heterocycles. The number of hydrogen-bond acceptors (Lipinski definition) is 4. The van der Waals surface area contributed by atoms with Crippen molar-refractivity contribution in [1.29, 1.82) is 0 Å². The molecule has 0 aliphatic carbocycles. The third-order valence-electron chi connectivity index (χ3n) is 3.69. The molecule has 3 rings (SSSR count). The van der Waals surface area contributed by atoms with Crippen molar-refractivity contribution < 1.29 is 0 Å². The van der Waals surface area contributed by atoms with Crippen LogP contribution in [-0.2, 0) is 20.1 Å². The van der Waals surface area contributed by atoms with E-state index in [1.807, 2.05) is 43.0 Å². The molecule has 9 heteroatoms. The van der Waals surface area contributed by atoms with E-state index in [0.717, 1.165) is 29.6 Å². The Hall–Kier alpha value is -2.43. The fourth-order valence-electron chi connectivity index (χ4n) is 2.33. The predicted molar refractivity (Wildman–Crippen MR) is 112 cm³/mol. The molecule has 26 heavy (non-hydrogen) atoms. The van der Waals surface area contributed by atoms with Crippen LogP contribution < -0.4 is 10.6 Å². The van der Waals surface area contributed by atoms with Gasteiger partial charge in [0.1, 0.15) is 12.2 Å². The molecule has 0 aliphatic rings. The van der Waals surface area contributed by atoms with Crippen molar-refractivity contribution in [2.75, 3.05) is 6.54 Å². The van der Waals surface area contributed by atoms with Gasteiger partial charge in [-0.1, -0.05) is 12.1 Å². The lowest BCUT2D eigenvalue weighted by molar-refractivity contribution is 0.673. The van der Waals surface area contributed by atoms with Gasteiger partial charge in [-0.05, 0) is 30.7 Å². The molecule has 2 N–H and O–H groups in total. The molecule has 138 valence electrons. The first-order valence-electron chi connectivity index (χ1n) is 8.20. The van der Waals surface area contributed by atoms with Crippen LogP contribution in [0.2, 0.25) is 0 Å². The molecule has 0 aliphatic heterocycles. The van der Waals surface area contributed by atoms with Gasteiger partial charge in [0.05, 0.1) is 18.8 Å². The monoisotopic (exact) mass is 466 g/mol. The number of aryl methyl sites for hydroxylation is 1. The van der Waals surface area contributed by atoms with Crippen LogP contribution in [0.4, 0.5) is 0 Å².